The smallest absolute Gasteiger partial charge is 0.321 e. The first kappa shape index (κ1) is 24.0. The number of ether oxygens (including phenoxy) is 1. The maximum atomic E-state index is 11.5. The molecule has 0 spiro atoms. The van der Waals surface area contributed by atoms with Gasteiger partial charge in [0.1, 0.15) is 17.6 Å². The molecule has 0 aliphatic carbocycles. The van der Waals surface area contributed by atoms with Gasteiger partial charge in [-0.2, -0.15) is 0 Å². The van der Waals surface area contributed by atoms with Crippen molar-refractivity contribution in [3.8, 4) is 17.2 Å². The molecule has 2 aromatic carbocycles. The summed E-state index contributed by atoms with van der Waals surface area (Å²) < 4.78 is 11.7. The van der Waals surface area contributed by atoms with Gasteiger partial charge >= 0.3 is 5.97 Å². The van der Waals surface area contributed by atoms with Crippen LogP contribution in [0.15, 0.2) is 84.3 Å². The highest BCUT2D eigenvalue weighted by Crippen LogP contribution is 2.24. The fourth-order valence-corrected chi connectivity index (χ4v) is 3.54. The van der Waals surface area contributed by atoms with Gasteiger partial charge in [0.2, 0.25) is 5.89 Å². The molecule has 2 atom stereocenters. The molecule has 0 amide bonds. The number of rotatable bonds is 13. The third-order valence-electron chi connectivity index (χ3n) is 5.31. The Hall–Kier alpha value is -3.64. The molecular weight excluding hydrogens is 416 g/mol. The Morgan fingerprint density at radius 2 is 1.82 bits per heavy atom. The van der Waals surface area contributed by atoms with Crippen molar-refractivity contribution in [3.05, 3.63) is 96.9 Å². The quantitative estimate of drug-likeness (QED) is 0.337. The fourth-order valence-electron chi connectivity index (χ4n) is 3.54. The Bertz CT molecular complexity index is 1060. The van der Waals surface area contributed by atoms with Gasteiger partial charge in [-0.15, -0.1) is 13.2 Å². The molecule has 33 heavy (non-hydrogen) atoms. The molecule has 2 N–H and O–H groups in total. The number of hydrogen-bond acceptors (Lipinski definition) is 5. The number of oxazole rings is 1. The number of benzene rings is 2. The number of hydrogen-bond donors (Lipinski definition) is 2. The van der Waals surface area contributed by atoms with Crippen molar-refractivity contribution >= 4 is 5.97 Å². The summed E-state index contributed by atoms with van der Waals surface area (Å²) in [4.78, 5) is 16.1. The van der Waals surface area contributed by atoms with Crippen LogP contribution in [0.1, 0.15) is 35.9 Å². The molecule has 0 unspecified atom stereocenters. The summed E-state index contributed by atoms with van der Waals surface area (Å²) in [5, 5.41) is 12.6. The van der Waals surface area contributed by atoms with Crippen LogP contribution in [-0.4, -0.2) is 28.7 Å². The van der Waals surface area contributed by atoms with Crippen molar-refractivity contribution in [1.82, 2.24) is 10.3 Å². The summed E-state index contributed by atoms with van der Waals surface area (Å²) in [6.07, 6.45) is 4.96. The van der Waals surface area contributed by atoms with Crippen LogP contribution >= 0.6 is 0 Å². The second kappa shape index (κ2) is 11.8. The van der Waals surface area contributed by atoms with Gasteiger partial charge in [-0.3, -0.25) is 10.1 Å². The van der Waals surface area contributed by atoms with E-state index in [1.54, 1.807) is 12.2 Å². The van der Waals surface area contributed by atoms with Crippen LogP contribution in [0, 0.1) is 6.92 Å². The van der Waals surface area contributed by atoms with Crippen LogP contribution in [-0.2, 0) is 11.2 Å². The van der Waals surface area contributed by atoms with E-state index in [1.807, 2.05) is 61.5 Å². The minimum atomic E-state index is -0.900. The number of aliphatic carboxylic acids is 1. The monoisotopic (exact) mass is 446 g/mol. The lowest BCUT2D eigenvalue weighted by Gasteiger charge is -2.22. The second-order valence-electron chi connectivity index (χ2n) is 7.71. The Morgan fingerprint density at radius 3 is 2.45 bits per heavy atom. The highest BCUT2D eigenvalue weighted by Gasteiger charge is 2.21. The molecule has 0 radical (unpaired) electrons. The topological polar surface area (TPSA) is 84.6 Å². The van der Waals surface area contributed by atoms with Crippen molar-refractivity contribution in [2.24, 2.45) is 0 Å². The van der Waals surface area contributed by atoms with Crippen LogP contribution in [0.2, 0.25) is 0 Å². The zero-order chi connectivity index (χ0) is 23.6. The predicted molar refractivity (Wildman–Crippen MR) is 129 cm³/mol. The number of nitrogens with zero attached hydrogens (tertiary/aromatic N) is 1. The summed E-state index contributed by atoms with van der Waals surface area (Å²) in [6, 6.07) is 16.6. The molecule has 172 valence electrons. The van der Waals surface area contributed by atoms with Gasteiger partial charge < -0.3 is 14.3 Å². The standard InChI is InChI=1S/C27H30N2O4/c1-4-9-24(28-25(10-5-2)27(30)31)20-13-15-22(16-14-20)32-18-17-23-19(3)33-26(29-23)21-11-7-6-8-12-21/h4-8,11-16,24-25,28H,1-2,9-10,17-18H2,3H3,(H,30,31)/t24-,25-/m0/s1. The summed E-state index contributed by atoms with van der Waals surface area (Å²) in [6.45, 7) is 9.81. The molecule has 0 saturated carbocycles. The van der Waals surface area contributed by atoms with Gasteiger partial charge in [0, 0.05) is 18.0 Å². The third kappa shape index (κ3) is 6.67. The Labute approximate surface area is 194 Å². The maximum Gasteiger partial charge on any atom is 0.321 e. The number of carboxylic acids is 1. The first-order valence-corrected chi connectivity index (χ1v) is 11.0. The van der Waals surface area contributed by atoms with E-state index in [1.165, 1.54) is 0 Å². The molecule has 0 aliphatic rings. The number of nitrogens with one attached hydrogen (secondary N) is 1. The van der Waals surface area contributed by atoms with Crippen LogP contribution in [0.5, 0.6) is 5.75 Å². The van der Waals surface area contributed by atoms with E-state index in [2.05, 4.69) is 23.5 Å². The largest absolute Gasteiger partial charge is 0.493 e. The molecule has 1 heterocycles. The maximum absolute atomic E-state index is 11.5. The highest BCUT2D eigenvalue weighted by atomic mass is 16.5. The highest BCUT2D eigenvalue weighted by molar-refractivity contribution is 5.73. The van der Waals surface area contributed by atoms with E-state index >= 15 is 0 Å². The number of aromatic nitrogens is 1. The number of carboxylic acid groups (broad SMARTS) is 1. The van der Waals surface area contributed by atoms with Gasteiger partial charge in [0.25, 0.3) is 0 Å². The van der Waals surface area contributed by atoms with E-state index in [-0.39, 0.29) is 6.04 Å². The van der Waals surface area contributed by atoms with Crippen LogP contribution < -0.4 is 10.1 Å². The van der Waals surface area contributed by atoms with Crippen LogP contribution in [0.4, 0.5) is 0 Å². The zero-order valence-electron chi connectivity index (χ0n) is 18.9. The Kier molecular flexibility index (Phi) is 8.61. The zero-order valence-corrected chi connectivity index (χ0v) is 18.9. The normalized spacial score (nSPS) is 12.6. The van der Waals surface area contributed by atoms with E-state index in [0.717, 1.165) is 28.3 Å². The molecule has 6 heteroatoms. The summed E-state index contributed by atoms with van der Waals surface area (Å²) in [5.74, 6) is 1.24. The van der Waals surface area contributed by atoms with Gasteiger partial charge in [0.05, 0.1) is 12.3 Å². The summed E-state index contributed by atoms with van der Waals surface area (Å²) in [7, 11) is 0. The van der Waals surface area contributed by atoms with Gasteiger partial charge in [-0.05, 0) is 49.6 Å². The lowest BCUT2D eigenvalue weighted by atomic mass is 10.0. The van der Waals surface area contributed by atoms with E-state index < -0.39 is 12.0 Å². The van der Waals surface area contributed by atoms with Crippen molar-refractivity contribution in [2.75, 3.05) is 6.61 Å². The van der Waals surface area contributed by atoms with Gasteiger partial charge in [0.15, 0.2) is 0 Å². The minimum absolute atomic E-state index is 0.160. The fraction of sp³-hybridized carbons (Fsp3) is 0.259. The summed E-state index contributed by atoms with van der Waals surface area (Å²) >= 11 is 0. The van der Waals surface area contributed by atoms with Gasteiger partial charge in [-0.25, -0.2) is 4.98 Å². The van der Waals surface area contributed by atoms with E-state index in [4.69, 9.17) is 9.15 Å². The minimum Gasteiger partial charge on any atom is -0.493 e. The van der Waals surface area contributed by atoms with Crippen LogP contribution in [0.25, 0.3) is 11.5 Å². The van der Waals surface area contributed by atoms with Crippen LogP contribution in [0.3, 0.4) is 0 Å². The molecule has 0 saturated heterocycles. The average molecular weight is 447 g/mol. The van der Waals surface area contributed by atoms with Crippen molar-refractivity contribution in [2.45, 2.75) is 38.3 Å². The van der Waals surface area contributed by atoms with Gasteiger partial charge in [-0.1, -0.05) is 42.5 Å². The average Bonchev–Trinajstić information content (AvgIpc) is 3.19. The second-order valence-corrected chi connectivity index (χ2v) is 7.71. The number of aryl methyl sites for hydroxylation is 1. The molecule has 6 nitrogen and oxygen atoms in total. The molecule has 0 fully saturated rings. The summed E-state index contributed by atoms with van der Waals surface area (Å²) in [5.41, 5.74) is 2.80. The van der Waals surface area contributed by atoms with Crippen molar-refractivity contribution < 1.29 is 19.1 Å². The molecular formula is C27H30N2O4. The Morgan fingerprint density at radius 1 is 1.12 bits per heavy atom. The molecule has 3 rings (SSSR count). The van der Waals surface area contributed by atoms with Crippen molar-refractivity contribution in [1.29, 1.82) is 0 Å². The lowest BCUT2D eigenvalue weighted by Crippen LogP contribution is -2.38. The SMILES string of the molecule is C=CC[C@H](N[C@@H](CC=C)c1ccc(OCCc2nc(-c3ccccc3)oc2C)cc1)C(=O)O. The lowest BCUT2D eigenvalue weighted by molar-refractivity contribution is -0.139. The first-order valence-electron chi connectivity index (χ1n) is 11.0. The van der Waals surface area contributed by atoms with Crippen molar-refractivity contribution in [3.63, 3.8) is 0 Å². The van der Waals surface area contributed by atoms with E-state index in [9.17, 15) is 9.90 Å². The Balaban J connectivity index is 1.59. The molecule has 0 bridgehead atoms. The number of carbonyl (C=O) groups is 1. The molecule has 1 aromatic heterocycles. The first-order chi connectivity index (χ1) is 16.0. The molecule has 0 aliphatic heterocycles. The predicted octanol–water partition coefficient (Wildman–Crippen LogP) is 5.51. The molecule has 3 aromatic rings. The van der Waals surface area contributed by atoms with E-state index in [0.29, 0.717) is 31.8 Å². The third-order valence-corrected chi connectivity index (χ3v) is 5.31.